The highest BCUT2D eigenvalue weighted by Gasteiger charge is 2.08. The summed E-state index contributed by atoms with van der Waals surface area (Å²) in [5.74, 6) is 0. The van der Waals surface area contributed by atoms with Crippen LogP contribution in [0, 0.1) is 6.61 Å². The van der Waals surface area contributed by atoms with Crippen molar-refractivity contribution >= 4 is 15.9 Å². The predicted octanol–water partition coefficient (Wildman–Crippen LogP) is 1.72. The van der Waals surface area contributed by atoms with Crippen molar-refractivity contribution in [3.8, 4) is 0 Å². The molecule has 0 bridgehead atoms. The second-order valence-corrected chi connectivity index (χ2v) is 2.95. The normalized spacial score (nSPS) is 25.3. The van der Waals surface area contributed by atoms with Crippen molar-refractivity contribution in [1.82, 2.24) is 0 Å². The molecule has 2 heteroatoms. The highest BCUT2D eigenvalue weighted by molar-refractivity contribution is 9.09. The Balaban J connectivity index is 2.12. The van der Waals surface area contributed by atoms with E-state index in [0.717, 1.165) is 19.4 Å². The average Bonchev–Trinajstić information content (AvgIpc) is 1.69. The molecule has 0 aliphatic carbocycles. The van der Waals surface area contributed by atoms with Crippen molar-refractivity contribution in [2.45, 2.75) is 17.7 Å². The fourth-order valence-corrected chi connectivity index (χ4v) is 0.909. The summed E-state index contributed by atoms with van der Waals surface area (Å²) >= 11 is 3.48. The predicted molar refractivity (Wildman–Crippen MR) is 32.2 cm³/mol. The van der Waals surface area contributed by atoms with Crippen LogP contribution in [-0.4, -0.2) is 11.4 Å². The molecule has 0 aromatic heterocycles. The van der Waals surface area contributed by atoms with Crippen molar-refractivity contribution in [3.05, 3.63) is 6.61 Å². The fourth-order valence-electron chi connectivity index (χ4n) is 0.570. The van der Waals surface area contributed by atoms with Crippen molar-refractivity contribution in [2.24, 2.45) is 0 Å². The van der Waals surface area contributed by atoms with Crippen molar-refractivity contribution in [2.75, 3.05) is 6.61 Å². The van der Waals surface area contributed by atoms with Gasteiger partial charge in [-0.15, -0.1) is 0 Å². The summed E-state index contributed by atoms with van der Waals surface area (Å²) in [6, 6.07) is 0. The van der Waals surface area contributed by atoms with Crippen LogP contribution in [0.4, 0.5) is 0 Å². The molecule has 1 saturated heterocycles. The lowest BCUT2D eigenvalue weighted by molar-refractivity contribution is 0.160. The number of ether oxygens (including phenoxy) is 1. The molecule has 0 saturated carbocycles. The Labute approximate surface area is 52.2 Å². The summed E-state index contributed by atoms with van der Waals surface area (Å²) in [5, 5.41) is 0. The maximum absolute atomic E-state index is 4.98. The Bertz CT molecular complexity index is 50.0. The van der Waals surface area contributed by atoms with Crippen LogP contribution >= 0.6 is 15.9 Å². The molecule has 0 amide bonds. The summed E-state index contributed by atoms with van der Waals surface area (Å²) in [5.41, 5.74) is 0. The Hall–Kier alpha value is 0.440. The minimum atomic E-state index is 0.668. The smallest absolute Gasteiger partial charge is 0.0847 e. The van der Waals surface area contributed by atoms with Crippen LogP contribution in [0.25, 0.3) is 0 Å². The van der Waals surface area contributed by atoms with E-state index in [1.54, 1.807) is 0 Å². The molecule has 41 valence electrons. The molecule has 1 heterocycles. The molecule has 0 aromatic carbocycles. The van der Waals surface area contributed by atoms with E-state index in [0.29, 0.717) is 4.83 Å². The monoisotopic (exact) mass is 163 g/mol. The van der Waals surface area contributed by atoms with E-state index in [4.69, 9.17) is 4.74 Å². The van der Waals surface area contributed by atoms with Crippen LogP contribution in [0.15, 0.2) is 0 Å². The van der Waals surface area contributed by atoms with Crippen LogP contribution < -0.4 is 0 Å². The molecule has 1 aliphatic heterocycles. The van der Waals surface area contributed by atoms with Crippen LogP contribution in [-0.2, 0) is 4.74 Å². The Morgan fingerprint density at radius 3 is 2.86 bits per heavy atom. The van der Waals surface area contributed by atoms with Crippen molar-refractivity contribution in [1.29, 1.82) is 0 Å². The summed E-state index contributed by atoms with van der Waals surface area (Å²) in [6.07, 6.45) is 2.20. The zero-order valence-electron chi connectivity index (χ0n) is 4.06. The first kappa shape index (κ1) is 5.57. The average molecular weight is 164 g/mol. The quantitative estimate of drug-likeness (QED) is 0.495. The third-order valence-electron chi connectivity index (χ3n) is 1.02. The molecule has 1 fully saturated rings. The van der Waals surface area contributed by atoms with Gasteiger partial charge in [-0.05, 0) is 12.8 Å². The first-order chi connectivity index (χ1) is 3.39. The lowest BCUT2D eigenvalue weighted by atomic mass is 10.2. The Morgan fingerprint density at radius 1 is 1.71 bits per heavy atom. The van der Waals surface area contributed by atoms with Gasteiger partial charge in [0.25, 0.3) is 0 Å². The zero-order chi connectivity index (χ0) is 5.11. The molecular weight excluding hydrogens is 156 g/mol. The van der Waals surface area contributed by atoms with Gasteiger partial charge in [0.05, 0.1) is 6.61 Å². The van der Waals surface area contributed by atoms with E-state index in [1.165, 1.54) is 0 Å². The van der Waals surface area contributed by atoms with Gasteiger partial charge in [0.15, 0.2) is 0 Å². The summed E-state index contributed by atoms with van der Waals surface area (Å²) in [6.45, 7) is 2.75. The Kier molecular flexibility index (Phi) is 2.13. The van der Waals surface area contributed by atoms with Gasteiger partial charge < -0.3 is 4.74 Å². The third kappa shape index (κ3) is 1.78. The first-order valence-electron chi connectivity index (χ1n) is 2.47. The SMILES string of the molecule is BrC1C[CH]OCC1. The van der Waals surface area contributed by atoms with Crippen LogP contribution in [0.5, 0.6) is 0 Å². The molecule has 1 rings (SSSR count). The topological polar surface area (TPSA) is 9.23 Å². The van der Waals surface area contributed by atoms with E-state index in [9.17, 15) is 0 Å². The second-order valence-electron chi connectivity index (χ2n) is 1.66. The van der Waals surface area contributed by atoms with Gasteiger partial charge in [-0.25, -0.2) is 0 Å². The summed E-state index contributed by atoms with van der Waals surface area (Å²) < 4.78 is 4.98. The van der Waals surface area contributed by atoms with Gasteiger partial charge in [0.1, 0.15) is 0 Å². The first-order valence-corrected chi connectivity index (χ1v) is 3.38. The molecule has 1 aliphatic rings. The van der Waals surface area contributed by atoms with E-state index in [2.05, 4.69) is 15.9 Å². The largest absolute Gasteiger partial charge is 0.375 e. The van der Waals surface area contributed by atoms with Crippen molar-refractivity contribution < 1.29 is 4.74 Å². The molecule has 1 atom stereocenters. The Morgan fingerprint density at radius 2 is 2.57 bits per heavy atom. The fraction of sp³-hybridized carbons (Fsp3) is 0.800. The highest BCUT2D eigenvalue weighted by atomic mass is 79.9. The van der Waals surface area contributed by atoms with Gasteiger partial charge in [0, 0.05) is 11.4 Å². The molecule has 7 heavy (non-hydrogen) atoms. The van der Waals surface area contributed by atoms with Gasteiger partial charge >= 0.3 is 0 Å². The van der Waals surface area contributed by atoms with Crippen LogP contribution in [0.1, 0.15) is 12.8 Å². The van der Waals surface area contributed by atoms with E-state index in [-0.39, 0.29) is 0 Å². The highest BCUT2D eigenvalue weighted by Crippen LogP contribution is 2.16. The van der Waals surface area contributed by atoms with Gasteiger partial charge in [-0.1, -0.05) is 15.9 Å². The van der Waals surface area contributed by atoms with Gasteiger partial charge in [0.2, 0.25) is 0 Å². The van der Waals surface area contributed by atoms with E-state index < -0.39 is 0 Å². The minimum absolute atomic E-state index is 0.668. The van der Waals surface area contributed by atoms with Crippen molar-refractivity contribution in [3.63, 3.8) is 0 Å². The molecule has 1 unspecified atom stereocenters. The third-order valence-corrected chi connectivity index (χ3v) is 1.85. The van der Waals surface area contributed by atoms with Gasteiger partial charge in [-0.2, -0.15) is 0 Å². The molecule has 1 nitrogen and oxygen atoms in total. The second kappa shape index (κ2) is 2.68. The molecule has 0 N–H and O–H groups in total. The zero-order valence-corrected chi connectivity index (χ0v) is 5.65. The van der Waals surface area contributed by atoms with E-state index in [1.807, 2.05) is 6.61 Å². The number of alkyl halides is 1. The number of hydrogen-bond donors (Lipinski definition) is 0. The lowest BCUT2D eigenvalue weighted by Crippen LogP contribution is -2.10. The van der Waals surface area contributed by atoms with E-state index >= 15 is 0 Å². The van der Waals surface area contributed by atoms with Crippen LogP contribution in [0.3, 0.4) is 0 Å². The van der Waals surface area contributed by atoms with Gasteiger partial charge in [-0.3, -0.25) is 0 Å². The molecule has 0 spiro atoms. The minimum Gasteiger partial charge on any atom is -0.375 e. The van der Waals surface area contributed by atoms with Crippen LogP contribution in [0.2, 0.25) is 0 Å². The molecular formula is C5H8BrO. The molecule has 0 aromatic rings. The lowest BCUT2D eigenvalue weighted by Gasteiger charge is -2.14. The summed E-state index contributed by atoms with van der Waals surface area (Å²) in [4.78, 5) is 0.668. The molecule has 1 radical (unpaired) electrons. The maximum Gasteiger partial charge on any atom is 0.0847 e. The summed E-state index contributed by atoms with van der Waals surface area (Å²) in [7, 11) is 0. The number of rotatable bonds is 0. The maximum atomic E-state index is 4.98. The number of halogens is 1. The number of hydrogen-bond acceptors (Lipinski definition) is 1. The standard InChI is InChI=1S/C5H8BrO/c6-5-1-3-7-4-2-5/h3,5H,1-2,4H2.